The molecule has 2 rings (SSSR count). The summed E-state index contributed by atoms with van der Waals surface area (Å²) in [5.74, 6) is -0.0167. The van der Waals surface area contributed by atoms with Gasteiger partial charge in [0.25, 0.3) is 5.91 Å². The van der Waals surface area contributed by atoms with Crippen LogP contribution in [0.2, 0.25) is 0 Å². The van der Waals surface area contributed by atoms with Gasteiger partial charge in [0.1, 0.15) is 0 Å². The summed E-state index contributed by atoms with van der Waals surface area (Å²) in [5.41, 5.74) is 2.95. The predicted molar refractivity (Wildman–Crippen MR) is 71.4 cm³/mol. The van der Waals surface area contributed by atoms with Crippen molar-refractivity contribution in [3.63, 3.8) is 0 Å². The maximum atomic E-state index is 11.9. The number of rotatable bonds is 4. The topological polar surface area (TPSA) is 46.9 Å². The number of allylic oxidation sites excluding steroid dienone is 1. The maximum absolute atomic E-state index is 11.9. The third-order valence-electron chi connectivity index (χ3n) is 3.37. The Hall–Kier alpha value is -1.58. The molecule has 98 valence electrons. The van der Waals surface area contributed by atoms with Crippen molar-refractivity contribution in [2.24, 2.45) is 7.05 Å². The van der Waals surface area contributed by atoms with E-state index in [1.54, 1.807) is 10.9 Å². The van der Waals surface area contributed by atoms with E-state index in [-0.39, 0.29) is 5.91 Å². The molecule has 18 heavy (non-hydrogen) atoms. The van der Waals surface area contributed by atoms with Crippen LogP contribution in [0.1, 0.15) is 48.2 Å². The molecule has 0 saturated carbocycles. The smallest absolute Gasteiger partial charge is 0.254 e. The fourth-order valence-corrected chi connectivity index (χ4v) is 2.39. The molecule has 1 aromatic rings. The number of nitrogens with zero attached hydrogens (tertiary/aromatic N) is 2. The maximum Gasteiger partial charge on any atom is 0.254 e. The molecule has 1 N–H and O–H groups in total. The second kappa shape index (κ2) is 5.85. The highest BCUT2D eigenvalue weighted by molar-refractivity contribution is 5.94. The van der Waals surface area contributed by atoms with E-state index >= 15 is 0 Å². The van der Waals surface area contributed by atoms with Gasteiger partial charge in [-0.3, -0.25) is 9.48 Å². The Morgan fingerprint density at radius 3 is 2.94 bits per heavy atom. The minimum absolute atomic E-state index is 0.0167. The highest BCUT2D eigenvalue weighted by Crippen LogP contribution is 2.19. The second-order valence-corrected chi connectivity index (χ2v) is 4.92. The van der Waals surface area contributed by atoms with Crippen LogP contribution in [0.5, 0.6) is 0 Å². The monoisotopic (exact) mass is 247 g/mol. The van der Waals surface area contributed by atoms with Crippen LogP contribution in [0.25, 0.3) is 0 Å². The molecule has 0 saturated heterocycles. The van der Waals surface area contributed by atoms with Crippen LogP contribution in [-0.4, -0.2) is 22.2 Å². The third-order valence-corrected chi connectivity index (χ3v) is 3.37. The van der Waals surface area contributed by atoms with Gasteiger partial charge in [-0.1, -0.05) is 11.6 Å². The molecule has 4 nitrogen and oxygen atoms in total. The standard InChI is InChI=1S/C14H21N3O/c1-11-13(10-17(2)16-11)14(18)15-9-8-12-6-4-3-5-7-12/h6,10H,3-5,7-9H2,1-2H3,(H,15,18). The van der Waals surface area contributed by atoms with Crippen molar-refractivity contribution in [2.45, 2.75) is 39.0 Å². The molecule has 1 aromatic heterocycles. The van der Waals surface area contributed by atoms with Gasteiger partial charge >= 0.3 is 0 Å². The van der Waals surface area contributed by atoms with Crippen LogP contribution < -0.4 is 5.32 Å². The van der Waals surface area contributed by atoms with Crippen LogP contribution >= 0.6 is 0 Å². The van der Waals surface area contributed by atoms with Crippen molar-refractivity contribution in [2.75, 3.05) is 6.54 Å². The number of carbonyl (C=O) groups excluding carboxylic acids is 1. The number of nitrogens with one attached hydrogen (secondary N) is 1. The quantitative estimate of drug-likeness (QED) is 0.830. The molecular weight excluding hydrogens is 226 g/mol. The number of aromatic nitrogens is 2. The second-order valence-electron chi connectivity index (χ2n) is 4.92. The first-order chi connectivity index (χ1) is 8.66. The van der Waals surface area contributed by atoms with Crippen LogP contribution in [-0.2, 0) is 7.05 Å². The van der Waals surface area contributed by atoms with Crippen molar-refractivity contribution >= 4 is 5.91 Å². The van der Waals surface area contributed by atoms with Crippen molar-refractivity contribution in [3.8, 4) is 0 Å². The zero-order chi connectivity index (χ0) is 13.0. The van der Waals surface area contributed by atoms with E-state index in [0.717, 1.165) is 18.7 Å². The van der Waals surface area contributed by atoms with Crippen LogP contribution in [0.15, 0.2) is 17.8 Å². The Morgan fingerprint density at radius 2 is 2.33 bits per heavy atom. The van der Waals surface area contributed by atoms with Gasteiger partial charge in [0.05, 0.1) is 11.3 Å². The molecule has 1 amide bonds. The van der Waals surface area contributed by atoms with Crippen LogP contribution in [0.3, 0.4) is 0 Å². The Morgan fingerprint density at radius 1 is 1.50 bits per heavy atom. The first kappa shape index (κ1) is 12.9. The van der Waals surface area contributed by atoms with Crippen molar-refractivity contribution < 1.29 is 4.79 Å². The van der Waals surface area contributed by atoms with Gasteiger partial charge in [0, 0.05) is 19.8 Å². The normalized spacial score (nSPS) is 15.3. The van der Waals surface area contributed by atoms with Crippen molar-refractivity contribution in [1.29, 1.82) is 0 Å². The summed E-state index contributed by atoms with van der Waals surface area (Å²) in [4.78, 5) is 11.9. The molecular formula is C14H21N3O. The Labute approximate surface area is 108 Å². The molecule has 4 heteroatoms. The van der Waals surface area contributed by atoms with E-state index in [1.165, 1.54) is 31.3 Å². The molecule has 0 aliphatic heterocycles. The van der Waals surface area contributed by atoms with Gasteiger partial charge in [-0.2, -0.15) is 5.10 Å². The van der Waals surface area contributed by atoms with Gasteiger partial charge in [-0.05, 0) is 39.0 Å². The number of carbonyl (C=O) groups is 1. The summed E-state index contributed by atoms with van der Waals surface area (Å²) >= 11 is 0. The van der Waals surface area contributed by atoms with Crippen molar-refractivity contribution in [1.82, 2.24) is 15.1 Å². The lowest BCUT2D eigenvalue weighted by Crippen LogP contribution is -2.25. The van der Waals surface area contributed by atoms with Gasteiger partial charge in [0.2, 0.25) is 0 Å². The fraction of sp³-hybridized carbons (Fsp3) is 0.571. The largest absolute Gasteiger partial charge is 0.352 e. The van der Waals surface area contributed by atoms with E-state index in [1.807, 2.05) is 14.0 Å². The van der Waals surface area contributed by atoms with E-state index < -0.39 is 0 Å². The lowest BCUT2D eigenvalue weighted by molar-refractivity contribution is 0.0953. The Kier molecular flexibility index (Phi) is 4.18. The summed E-state index contributed by atoms with van der Waals surface area (Å²) < 4.78 is 1.67. The lowest BCUT2D eigenvalue weighted by atomic mass is 9.97. The third kappa shape index (κ3) is 3.22. The zero-order valence-corrected chi connectivity index (χ0v) is 11.2. The van der Waals surface area contributed by atoms with Gasteiger partial charge in [-0.15, -0.1) is 0 Å². The summed E-state index contributed by atoms with van der Waals surface area (Å²) in [6, 6.07) is 0. The average molecular weight is 247 g/mol. The molecule has 1 aliphatic carbocycles. The SMILES string of the molecule is Cc1nn(C)cc1C(=O)NCCC1=CCCCC1. The summed E-state index contributed by atoms with van der Waals surface area (Å²) in [7, 11) is 1.83. The predicted octanol–water partition coefficient (Wildman–Crippen LogP) is 2.35. The average Bonchev–Trinajstić information content (AvgIpc) is 2.70. The molecule has 1 heterocycles. The number of aryl methyl sites for hydroxylation is 2. The first-order valence-electron chi connectivity index (χ1n) is 6.63. The molecule has 0 spiro atoms. The minimum Gasteiger partial charge on any atom is -0.352 e. The van der Waals surface area contributed by atoms with Gasteiger partial charge < -0.3 is 5.32 Å². The van der Waals surface area contributed by atoms with Crippen LogP contribution in [0.4, 0.5) is 0 Å². The highest BCUT2D eigenvalue weighted by atomic mass is 16.1. The zero-order valence-electron chi connectivity index (χ0n) is 11.2. The van der Waals surface area contributed by atoms with E-state index in [4.69, 9.17) is 0 Å². The van der Waals surface area contributed by atoms with Crippen molar-refractivity contribution in [3.05, 3.63) is 29.1 Å². The fourth-order valence-electron chi connectivity index (χ4n) is 2.39. The molecule has 0 fully saturated rings. The molecule has 0 atom stereocenters. The molecule has 0 aromatic carbocycles. The van der Waals surface area contributed by atoms with E-state index in [2.05, 4.69) is 16.5 Å². The van der Waals surface area contributed by atoms with Crippen LogP contribution in [0, 0.1) is 6.92 Å². The summed E-state index contributed by atoms with van der Waals surface area (Å²) in [5, 5.41) is 7.14. The first-order valence-corrected chi connectivity index (χ1v) is 6.63. The van der Waals surface area contributed by atoms with E-state index in [9.17, 15) is 4.79 Å². The Bertz CT molecular complexity index is 460. The summed E-state index contributed by atoms with van der Waals surface area (Å²) in [6.07, 6.45) is 10.1. The molecule has 0 radical (unpaired) electrons. The van der Waals surface area contributed by atoms with Gasteiger partial charge in [0.15, 0.2) is 0 Å². The summed E-state index contributed by atoms with van der Waals surface area (Å²) in [6.45, 7) is 2.58. The van der Waals surface area contributed by atoms with Gasteiger partial charge in [-0.25, -0.2) is 0 Å². The minimum atomic E-state index is -0.0167. The molecule has 0 bridgehead atoms. The number of amides is 1. The number of hydrogen-bond donors (Lipinski definition) is 1. The lowest BCUT2D eigenvalue weighted by Gasteiger charge is -2.12. The molecule has 0 unspecified atom stereocenters. The Balaban J connectivity index is 1.81. The highest BCUT2D eigenvalue weighted by Gasteiger charge is 2.12. The molecule has 1 aliphatic rings. The number of hydrogen-bond acceptors (Lipinski definition) is 2. The van der Waals surface area contributed by atoms with E-state index in [0.29, 0.717) is 5.56 Å².